The van der Waals surface area contributed by atoms with E-state index in [-0.39, 0.29) is 0 Å². The summed E-state index contributed by atoms with van der Waals surface area (Å²) in [6.07, 6.45) is 4.65. The van der Waals surface area contributed by atoms with Gasteiger partial charge in [0.05, 0.1) is 5.52 Å². The van der Waals surface area contributed by atoms with Crippen LogP contribution in [0.3, 0.4) is 0 Å². The predicted molar refractivity (Wildman–Crippen MR) is 118 cm³/mol. The first-order valence-electron chi connectivity index (χ1n) is 10.9. The first-order valence-corrected chi connectivity index (χ1v) is 10.9. The van der Waals surface area contributed by atoms with E-state index in [1.165, 1.54) is 48.3 Å². The molecule has 3 aromatic rings. The molecule has 0 unspecified atom stereocenters. The van der Waals surface area contributed by atoms with E-state index in [1.807, 2.05) is 16.8 Å². The molecule has 2 aliphatic rings. The van der Waals surface area contributed by atoms with E-state index in [9.17, 15) is 0 Å². The third-order valence-electron chi connectivity index (χ3n) is 6.44. The second-order valence-electron chi connectivity index (χ2n) is 8.45. The Morgan fingerprint density at radius 1 is 1.03 bits per heavy atom. The zero-order valence-electron chi connectivity index (χ0n) is 17.2. The van der Waals surface area contributed by atoms with Gasteiger partial charge in [0.15, 0.2) is 0 Å². The van der Waals surface area contributed by atoms with E-state index in [4.69, 9.17) is 4.99 Å². The standard InChI is InChI=1S/C24H29N5/c1-18-7-8-21-20(17-18)9-12-25-24(21)19-10-15-28(16-11-19)13-4-14-29-23-6-3-2-5-22(23)26-27-29/h2-3,5-8,17,19H,4,9-16H2,1H3. The molecule has 0 bridgehead atoms. The van der Waals surface area contributed by atoms with Crippen LogP contribution in [-0.4, -0.2) is 51.8 Å². The van der Waals surface area contributed by atoms with E-state index in [2.05, 4.69) is 52.5 Å². The first kappa shape index (κ1) is 18.5. The molecule has 29 heavy (non-hydrogen) atoms. The fourth-order valence-corrected chi connectivity index (χ4v) is 4.87. The largest absolute Gasteiger partial charge is 0.303 e. The molecule has 5 rings (SSSR count). The topological polar surface area (TPSA) is 46.3 Å². The number of aliphatic imine (C=N–C) groups is 1. The molecule has 5 heteroatoms. The summed E-state index contributed by atoms with van der Waals surface area (Å²) < 4.78 is 2.04. The van der Waals surface area contributed by atoms with Gasteiger partial charge in [-0.05, 0) is 75.5 Å². The fourth-order valence-electron chi connectivity index (χ4n) is 4.87. The number of likely N-dealkylation sites (tertiary alicyclic amines) is 1. The lowest BCUT2D eigenvalue weighted by atomic mass is 9.84. The SMILES string of the molecule is Cc1ccc2c(c1)CCN=C2C1CCN(CCCn2nnc3ccccc32)CC1. The molecule has 0 aliphatic carbocycles. The lowest BCUT2D eigenvalue weighted by Crippen LogP contribution is -2.38. The molecule has 1 aromatic heterocycles. The van der Waals surface area contributed by atoms with Crippen LogP contribution in [0.15, 0.2) is 47.5 Å². The van der Waals surface area contributed by atoms with Crippen LogP contribution in [0.5, 0.6) is 0 Å². The van der Waals surface area contributed by atoms with Crippen molar-refractivity contribution in [3.63, 3.8) is 0 Å². The van der Waals surface area contributed by atoms with Crippen LogP contribution in [0.2, 0.25) is 0 Å². The molecular formula is C24H29N5. The van der Waals surface area contributed by atoms with Crippen molar-refractivity contribution in [3.05, 3.63) is 59.2 Å². The van der Waals surface area contributed by atoms with Gasteiger partial charge in [-0.25, -0.2) is 4.68 Å². The zero-order valence-corrected chi connectivity index (χ0v) is 17.2. The molecule has 1 saturated heterocycles. The summed E-state index contributed by atoms with van der Waals surface area (Å²) in [6.45, 7) is 7.54. The molecule has 2 aliphatic heterocycles. The van der Waals surface area contributed by atoms with Gasteiger partial charge in [-0.3, -0.25) is 4.99 Å². The Morgan fingerprint density at radius 3 is 2.79 bits per heavy atom. The van der Waals surface area contributed by atoms with Gasteiger partial charge in [-0.15, -0.1) is 5.10 Å². The Hall–Kier alpha value is -2.53. The molecule has 0 saturated carbocycles. The Bertz CT molecular complexity index is 1030. The molecule has 5 nitrogen and oxygen atoms in total. The number of benzene rings is 2. The third kappa shape index (κ3) is 3.84. The minimum absolute atomic E-state index is 0.618. The van der Waals surface area contributed by atoms with Crippen molar-refractivity contribution >= 4 is 16.7 Å². The average Bonchev–Trinajstić information content (AvgIpc) is 3.17. The normalized spacial score (nSPS) is 18.0. The first-order chi connectivity index (χ1) is 14.3. The summed E-state index contributed by atoms with van der Waals surface area (Å²) in [5.74, 6) is 0.618. The molecule has 0 amide bonds. The highest BCUT2D eigenvalue weighted by Gasteiger charge is 2.26. The summed E-state index contributed by atoms with van der Waals surface area (Å²) in [5, 5.41) is 8.57. The van der Waals surface area contributed by atoms with Crippen molar-refractivity contribution in [1.29, 1.82) is 0 Å². The minimum atomic E-state index is 0.618. The van der Waals surface area contributed by atoms with E-state index in [0.717, 1.165) is 43.5 Å². The number of piperidine rings is 1. The average molecular weight is 388 g/mol. The Kier molecular flexibility index (Phi) is 5.15. The number of fused-ring (bicyclic) bond motifs is 2. The fraction of sp³-hybridized carbons (Fsp3) is 0.458. The van der Waals surface area contributed by atoms with E-state index >= 15 is 0 Å². The molecular weight excluding hydrogens is 358 g/mol. The highest BCUT2D eigenvalue weighted by molar-refractivity contribution is 6.04. The van der Waals surface area contributed by atoms with Crippen LogP contribution >= 0.6 is 0 Å². The maximum Gasteiger partial charge on any atom is 0.113 e. The van der Waals surface area contributed by atoms with E-state index < -0.39 is 0 Å². The summed E-state index contributed by atoms with van der Waals surface area (Å²) in [4.78, 5) is 7.56. The Balaban J connectivity index is 1.15. The number of para-hydroxylation sites is 1. The van der Waals surface area contributed by atoms with Gasteiger partial charge in [0.1, 0.15) is 5.52 Å². The quantitative estimate of drug-likeness (QED) is 0.667. The van der Waals surface area contributed by atoms with Gasteiger partial charge in [-0.1, -0.05) is 41.1 Å². The number of rotatable bonds is 5. The molecule has 0 atom stereocenters. The molecule has 0 N–H and O–H groups in total. The Labute approximate surface area is 172 Å². The lowest BCUT2D eigenvalue weighted by molar-refractivity contribution is 0.203. The van der Waals surface area contributed by atoms with Gasteiger partial charge < -0.3 is 4.90 Å². The minimum Gasteiger partial charge on any atom is -0.303 e. The van der Waals surface area contributed by atoms with Gasteiger partial charge in [0, 0.05) is 24.7 Å². The molecule has 150 valence electrons. The van der Waals surface area contributed by atoms with Crippen LogP contribution in [0.4, 0.5) is 0 Å². The van der Waals surface area contributed by atoms with Crippen molar-refractivity contribution in [3.8, 4) is 0 Å². The second-order valence-corrected chi connectivity index (χ2v) is 8.45. The van der Waals surface area contributed by atoms with Crippen LogP contribution in [0.25, 0.3) is 11.0 Å². The van der Waals surface area contributed by atoms with Gasteiger partial charge in [0.25, 0.3) is 0 Å². The molecule has 2 aromatic carbocycles. The van der Waals surface area contributed by atoms with E-state index in [0.29, 0.717) is 5.92 Å². The Morgan fingerprint density at radius 2 is 1.90 bits per heavy atom. The predicted octanol–water partition coefficient (Wildman–Crippen LogP) is 3.89. The third-order valence-corrected chi connectivity index (χ3v) is 6.44. The maximum absolute atomic E-state index is 4.95. The smallest absolute Gasteiger partial charge is 0.113 e. The number of hydrogen-bond donors (Lipinski definition) is 0. The number of nitrogens with zero attached hydrogens (tertiary/aromatic N) is 5. The van der Waals surface area contributed by atoms with Crippen molar-refractivity contribution in [1.82, 2.24) is 19.9 Å². The van der Waals surface area contributed by atoms with Gasteiger partial charge >= 0.3 is 0 Å². The van der Waals surface area contributed by atoms with Crippen LogP contribution < -0.4 is 0 Å². The molecule has 0 radical (unpaired) electrons. The maximum atomic E-state index is 4.95. The van der Waals surface area contributed by atoms with Crippen LogP contribution in [0.1, 0.15) is 36.0 Å². The highest BCUT2D eigenvalue weighted by Crippen LogP contribution is 2.27. The van der Waals surface area contributed by atoms with Crippen LogP contribution in [-0.2, 0) is 13.0 Å². The summed E-state index contributed by atoms with van der Waals surface area (Å²) in [5.41, 5.74) is 7.77. The zero-order chi connectivity index (χ0) is 19.6. The van der Waals surface area contributed by atoms with Crippen LogP contribution in [0, 0.1) is 12.8 Å². The van der Waals surface area contributed by atoms with Crippen molar-refractivity contribution in [2.24, 2.45) is 10.9 Å². The lowest BCUT2D eigenvalue weighted by Gasteiger charge is -2.34. The number of hydrogen-bond acceptors (Lipinski definition) is 4. The van der Waals surface area contributed by atoms with Crippen molar-refractivity contribution in [2.45, 2.75) is 39.2 Å². The molecule has 1 fully saturated rings. The number of aryl methyl sites for hydroxylation is 2. The highest BCUT2D eigenvalue weighted by atomic mass is 15.4. The monoisotopic (exact) mass is 387 g/mol. The molecule has 0 spiro atoms. The summed E-state index contributed by atoms with van der Waals surface area (Å²) in [6, 6.07) is 15.1. The molecule has 3 heterocycles. The van der Waals surface area contributed by atoms with Crippen molar-refractivity contribution in [2.75, 3.05) is 26.2 Å². The van der Waals surface area contributed by atoms with E-state index in [1.54, 1.807) is 0 Å². The summed E-state index contributed by atoms with van der Waals surface area (Å²) >= 11 is 0. The van der Waals surface area contributed by atoms with Gasteiger partial charge in [0.2, 0.25) is 0 Å². The van der Waals surface area contributed by atoms with Crippen molar-refractivity contribution < 1.29 is 0 Å². The second kappa shape index (κ2) is 8.07. The summed E-state index contributed by atoms with van der Waals surface area (Å²) in [7, 11) is 0. The van der Waals surface area contributed by atoms with Gasteiger partial charge in [-0.2, -0.15) is 0 Å². The number of aromatic nitrogens is 3.